The van der Waals surface area contributed by atoms with Crippen molar-refractivity contribution in [2.75, 3.05) is 0 Å². The fraction of sp³-hybridized carbons (Fsp3) is 0.214. The van der Waals surface area contributed by atoms with Crippen LogP contribution in [0.3, 0.4) is 0 Å². The molecule has 88 valence electrons. The van der Waals surface area contributed by atoms with Crippen LogP contribution in [0.2, 0.25) is 0 Å². The van der Waals surface area contributed by atoms with Gasteiger partial charge in [0.1, 0.15) is 5.82 Å². The number of benzene rings is 1. The van der Waals surface area contributed by atoms with Crippen molar-refractivity contribution in [1.82, 2.24) is 0 Å². The Morgan fingerprint density at radius 2 is 1.94 bits per heavy atom. The van der Waals surface area contributed by atoms with Gasteiger partial charge in [-0.05, 0) is 41.1 Å². The zero-order valence-electron chi connectivity index (χ0n) is 9.57. The van der Waals surface area contributed by atoms with E-state index >= 15 is 0 Å². The minimum absolute atomic E-state index is 0.114. The molecule has 0 amide bonds. The van der Waals surface area contributed by atoms with Gasteiger partial charge in [0, 0.05) is 6.42 Å². The lowest BCUT2D eigenvalue weighted by Gasteiger charge is -2.01. The number of hydrogen-bond donors (Lipinski definition) is 0. The summed E-state index contributed by atoms with van der Waals surface area (Å²) in [6, 6.07) is 8.08. The molecule has 0 fully saturated rings. The van der Waals surface area contributed by atoms with Gasteiger partial charge in [-0.1, -0.05) is 19.1 Å². The molecule has 0 radical (unpaired) electrons. The number of ketones is 1. The Morgan fingerprint density at radius 3 is 2.59 bits per heavy atom. The fourth-order valence-corrected chi connectivity index (χ4v) is 2.66. The van der Waals surface area contributed by atoms with E-state index in [4.69, 9.17) is 0 Å². The first-order valence-electron chi connectivity index (χ1n) is 5.54. The standard InChI is InChI=1S/C14H13FOS/c1-2-11-7-8-17-14(11)13(16)9-10-3-5-12(15)6-4-10/h3-8H,2,9H2,1H3. The van der Waals surface area contributed by atoms with Crippen LogP contribution >= 0.6 is 11.3 Å². The molecule has 2 aromatic rings. The van der Waals surface area contributed by atoms with E-state index in [2.05, 4.69) is 0 Å². The van der Waals surface area contributed by atoms with Crippen molar-refractivity contribution >= 4 is 17.1 Å². The number of Topliss-reactive ketones (excluding diaryl/α,β-unsaturated/α-hetero) is 1. The summed E-state index contributed by atoms with van der Waals surface area (Å²) in [5.41, 5.74) is 1.95. The van der Waals surface area contributed by atoms with Crippen molar-refractivity contribution in [3.63, 3.8) is 0 Å². The minimum Gasteiger partial charge on any atom is -0.293 e. The molecule has 0 N–H and O–H groups in total. The van der Waals surface area contributed by atoms with Gasteiger partial charge in [0.05, 0.1) is 4.88 Å². The topological polar surface area (TPSA) is 17.1 Å². The quantitative estimate of drug-likeness (QED) is 0.750. The highest BCUT2D eigenvalue weighted by Crippen LogP contribution is 2.19. The van der Waals surface area contributed by atoms with E-state index < -0.39 is 0 Å². The van der Waals surface area contributed by atoms with Gasteiger partial charge in [-0.25, -0.2) is 4.39 Å². The maximum absolute atomic E-state index is 12.7. The van der Waals surface area contributed by atoms with E-state index in [0.717, 1.165) is 22.4 Å². The maximum Gasteiger partial charge on any atom is 0.177 e. The highest BCUT2D eigenvalue weighted by Gasteiger charge is 2.12. The summed E-state index contributed by atoms with van der Waals surface area (Å²) in [7, 11) is 0. The summed E-state index contributed by atoms with van der Waals surface area (Å²) >= 11 is 1.48. The zero-order valence-corrected chi connectivity index (χ0v) is 10.4. The van der Waals surface area contributed by atoms with Crippen LogP contribution in [0.1, 0.15) is 27.7 Å². The second kappa shape index (κ2) is 5.23. The molecule has 17 heavy (non-hydrogen) atoms. The molecule has 0 bridgehead atoms. The summed E-state index contributed by atoms with van der Waals surface area (Å²) < 4.78 is 12.7. The van der Waals surface area contributed by atoms with E-state index in [-0.39, 0.29) is 11.6 Å². The summed E-state index contributed by atoms with van der Waals surface area (Å²) in [5.74, 6) is -0.157. The first kappa shape index (κ1) is 12.0. The van der Waals surface area contributed by atoms with Gasteiger partial charge in [0.2, 0.25) is 0 Å². The molecule has 0 unspecified atom stereocenters. The second-order valence-corrected chi connectivity index (χ2v) is 4.77. The molecular formula is C14H13FOS. The van der Waals surface area contributed by atoms with E-state index in [1.165, 1.54) is 23.5 Å². The number of hydrogen-bond acceptors (Lipinski definition) is 2. The van der Waals surface area contributed by atoms with Crippen LogP contribution in [0, 0.1) is 5.82 Å². The number of aryl methyl sites for hydroxylation is 1. The van der Waals surface area contributed by atoms with Crippen molar-refractivity contribution in [2.24, 2.45) is 0 Å². The molecule has 0 aliphatic rings. The Morgan fingerprint density at radius 1 is 1.24 bits per heavy atom. The Labute approximate surface area is 104 Å². The van der Waals surface area contributed by atoms with Crippen LogP contribution in [0.5, 0.6) is 0 Å². The average molecular weight is 248 g/mol. The molecule has 0 aliphatic heterocycles. The van der Waals surface area contributed by atoms with Crippen LogP contribution in [0.15, 0.2) is 35.7 Å². The lowest BCUT2D eigenvalue weighted by atomic mass is 10.1. The van der Waals surface area contributed by atoms with Crippen molar-refractivity contribution in [3.8, 4) is 0 Å². The van der Waals surface area contributed by atoms with Crippen LogP contribution < -0.4 is 0 Å². The van der Waals surface area contributed by atoms with Gasteiger partial charge in [0.25, 0.3) is 0 Å². The van der Waals surface area contributed by atoms with Gasteiger partial charge in [-0.15, -0.1) is 11.3 Å². The maximum atomic E-state index is 12.7. The zero-order chi connectivity index (χ0) is 12.3. The van der Waals surface area contributed by atoms with Crippen molar-refractivity contribution in [2.45, 2.75) is 19.8 Å². The van der Waals surface area contributed by atoms with Gasteiger partial charge in [0.15, 0.2) is 5.78 Å². The average Bonchev–Trinajstić information content (AvgIpc) is 2.80. The molecule has 1 heterocycles. The van der Waals surface area contributed by atoms with E-state index in [1.807, 2.05) is 18.4 Å². The smallest absolute Gasteiger partial charge is 0.177 e. The molecule has 0 aliphatic carbocycles. The molecule has 3 heteroatoms. The number of halogens is 1. The molecule has 1 aromatic carbocycles. The van der Waals surface area contributed by atoms with Crippen molar-refractivity contribution < 1.29 is 9.18 Å². The van der Waals surface area contributed by atoms with Crippen molar-refractivity contribution in [1.29, 1.82) is 0 Å². The van der Waals surface area contributed by atoms with Gasteiger partial charge < -0.3 is 0 Å². The molecule has 0 saturated carbocycles. The fourth-order valence-electron chi connectivity index (χ4n) is 1.73. The Kier molecular flexibility index (Phi) is 3.69. The predicted molar refractivity (Wildman–Crippen MR) is 68.1 cm³/mol. The lowest BCUT2D eigenvalue weighted by Crippen LogP contribution is -2.03. The monoisotopic (exact) mass is 248 g/mol. The first-order valence-corrected chi connectivity index (χ1v) is 6.42. The molecule has 2 rings (SSSR count). The van der Waals surface area contributed by atoms with E-state index in [1.54, 1.807) is 12.1 Å². The third-order valence-electron chi connectivity index (χ3n) is 2.66. The van der Waals surface area contributed by atoms with Gasteiger partial charge in [-0.3, -0.25) is 4.79 Å². The van der Waals surface area contributed by atoms with Crippen LogP contribution in [-0.4, -0.2) is 5.78 Å². The third-order valence-corrected chi connectivity index (χ3v) is 3.66. The van der Waals surface area contributed by atoms with Crippen LogP contribution in [-0.2, 0) is 12.8 Å². The minimum atomic E-state index is -0.272. The summed E-state index contributed by atoms with van der Waals surface area (Å²) in [6.07, 6.45) is 1.21. The molecular weight excluding hydrogens is 235 g/mol. The number of rotatable bonds is 4. The first-order chi connectivity index (χ1) is 8.20. The largest absolute Gasteiger partial charge is 0.293 e. The number of carbonyl (C=O) groups is 1. The van der Waals surface area contributed by atoms with Gasteiger partial charge in [-0.2, -0.15) is 0 Å². The number of thiophene rings is 1. The lowest BCUT2D eigenvalue weighted by molar-refractivity contribution is 0.0996. The molecule has 1 aromatic heterocycles. The number of carbonyl (C=O) groups excluding carboxylic acids is 1. The Hall–Kier alpha value is -1.48. The molecule has 1 nitrogen and oxygen atoms in total. The Balaban J connectivity index is 2.14. The highest BCUT2D eigenvalue weighted by molar-refractivity contribution is 7.12. The highest BCUT2D eigenvalue weighted by atomic mass is 32.1. The third kappa shape index (κ3) is 2.80. The summed E-state index contributed by atoms with van der Waals surface area (Å²) in [6.45, 7) is 2.04. The molecule has 0 saturated heterocycles. The van der Waals surface area contributed by atoms with E-state index in [0.29, 0.717) is 6.42 Å². The summed E-state index contributed by atoms with van der Waals surface area (Å²) in [4.78, 5) is 12.9. The molecule has 0 spiro atoms. The Bertz CT molecular complexity index is 513. The predicted octanol–water partition coefficient (Wildman–Crippen LogP) is 3.88. The van der Waals surface area contributed by atoms with Crippen LogP contribution in [0.4, 0.5) is 4.39 Å². The van der Waals surface area contributed by atoms with E-state index in [9.17, 15) is 9.18 Å². The van der Waals surface area contributed by atoms with Crippen molar-refractivity contribution in [3.05, 3.63) is 57.5 Å². The molecule has 0 atom stereocenters. The normalized spacial score (nSPS) is 10.5. The van der Waals surface area contributed by atoms with Crippen LogP contribution in [0.25, 0.3) is 0 Å². The second-order valence-electron chi connectivity index (χ2n) is 3.85. The SMILES string of the molecule is CCc1ccsc1C(=O)Cc1ccc(F)cc1. The van der Waals surface area contributed by atoms with Gasteiger partial charge >= 0.3 is 0 Å². The summed E-state index contributed by atoms with van der Waals surface area (Å²) in [5, 5.41) is 1.94.